The summed E-state index contributed by atoms with van der Waals surface area (Å²) in [7, 11) is 0. The lowest BCUT2D eigenvalue weighted by Crippen LogP contribution is -1.99. The van der Waals surface area contributed by atoms with Crippen LogP contribution in [-0.4, -0.2) is 15.0 Å². The van der Waals surface area contributed by atoms with E-state index in [0.29, 0.717) is 11.6 Å². The number of benzene rings is 3. The van der Waals surface area contributed by atoms with Gasteiger partial charge in [0, 0.05) is 11.4 Å². The SMILES string of the molecule is c1ccc(Nc2nn(-c3ccccc3)nc2Nc2ccccc2)cc1. The molecule has 0 unspecified atom stereocenters. The lowest BCUT2D eigenvalue weighted by Gasteiger charge is -2.06. The molecule has 0 bridgehead atoms. The normalized spacial score (nSPS) is 10.4. The number of rotatable bonds is 5. The van der Waals surface area contributed by atoms with E-state index in [2.05, 4.69) is 20.8 Å². The van der Waals surface area contributed by atoms with Crippen molar-refractivity contribution >= 4 is 23.0 Å². The highest BCUT2D eigenvalue weighted by Gasteiger charge is 2.12. The molecular formula is C20H17N5. The summed E-state index contributed by atoms with van der Waals surface area (Å²) >= 11 is 0. The van der Waals surface area contributed by atoms with E-state index in [-0.39, 0.29) is 0 Å². The third-order valence-corrected chi connectivity index (χ3v) is 3.67. The van der Waals surface area contributed by atoms with E-state index in [0.717, 1.165) is 17.1 Å². The molecule has 1 heterocycles. The quantitative estimate of drug-likeness (QED) is 0.555. The molecule has 122 valence electrons. The average molecular weight is 327 g/mol. The molecule has 4 rings (SSSR count). The van der Waals surface area contributed by atoms with Gasteiger partial charge in [0.2, 0.25) is 0 Å². The highest BCUT2D eigenvalue weighted by Crippen LogP contribution is 2.25. The van der Waals surface area contributed by atoms with Crippen LogP contribution in [0.25, 0.3) is 5.69 Å². The molecule has 0 amide bonds. The number of hydrogen-bond donors (Lipinski definition) is 2. The summed E-state index contributed by atoms with van der Waals surface area (Å²) in [4.78, 5) is 1.62. The summed E-state index contributed by atoms with van der Waals surface area (Å²) in [6.45, 7) is 0. The summed E-state index contributed by atoms with van der Waals surface area (Å²) < 4.78 is 0. The van der Waals surface area contributed by atoms with Crippen molar-refractivity contribution < 1.29 is 0 Å². The van der Waals surface area contributed by atoms with E-state index in [1.807, 2.05) is 91.0 Å². The van der Waals surface area contributed by atoms with E-state index in [1.54, 1.807) is 4.80 Å². The molecule has 3 aromatic carbocycles. The van der Waals surface area contributed by atoms with Gasteiger partial charge in [-0.2, -0.15) is 0 Å². The van der Waals surface area contributed by atoms with Crippen LogP contribution in [-0.2, 0) is 0 Å². The molecular weight excluding hydrogens is 310 g/mol. The maximum absolute atomic E-state index is 4.60. The molecule has 0 spiro atoms. The first-order valence-corrected chi connectivity index (χ1v) is 8.05. The molecule has 25 heavy (non-hydrogen) atoms. The van der Waals surface area contributed by atoms with Crippen LogP contribution in [0.2, 0.25) is 0 Å². The Kier molecular flexibility index (Phi) is 4.12. The molecule has 0 fully saturated rings. The van der Waals surface area contributed by atoms with Gasteiger partial charge >= 0.3 is 0 Å². The Morgan fingerprint density at radius 1 is 0.520 bits per heavy atom. The molecule has 4 aromatic rings. The third kappa shape index (κ3) is 3.50. The van der Waals surface area contributed by atoms with E-state index in [9.17, 15) is 0 Å². The Morgan fingerprint density at radius 3 is 1.36 bits per heavy atom. The van der Waals surface area contributed by atoms with Crippen molar-refractivity contribution in [1.29, 1.82) is 0 Å². The fourth-order valence-electron chi connectivity index (χ4n) is 2.47. The van der Waals surface area contributed by atoms with Crippen LogP contribution in [0.3, 0.4) is 0 Å². The Hall–Kier alpha value is -3.60. The van der Waals surface area contributed by atoms with Crippen molar-refractivity contribution in [2.45, 2.75) is 0 Å². The number of nitrogens with one attached hydrogen (secondary N) is 2. The first kappa shape index (κ1) is 15.0. The van der Waals surface area contributed by atoms with Gasteiger partial charge in [0.05, 0.1) is 5.69 Å². The highest BCUT2D eigenvalue weighted by atomic mass is 15.5. The van der Waals surface area contributed by atoms with E-state index in [1.165, 1.54) is 0 Å². The van der Waals surface area contributed by atoms with Gasteiger partial charge in [-0.25, -0.2) is 0 Å². The van der Waals surface area contributed by atoms with Crippen molar-refractivity contribution in [1.82, 2.24) is 15.0 Å². The first-order chi connectivity index (χ1) is 12.4. The maximum Gasteiger partial charge on any atom is 0.198 e. The highest BCUT2D eigenvalue weighted by molar-refractivity contribution is 5.71. The average Bonchev–Trinajstić information content (AvgIpc) is 3.06. The number of para-hydroxylation sites is 3. The Morgan fingerprint density at radius 2 is 0.920 bits per heavy atom. The minimum atomic E-state index is 0.666. The van der Waals surface area contributed by atoms with Crippen molar-refractivity contribution in [2.75, 3.05) is 10.6 Å². The standard InChI is InChI=1S/C20H17N5/c1-4-10-16(11-5-1)21-19-20(22-17-12-6-2-7-13-17)24-25(23-19)18-14-8-3-9-15-18/h1-15H,(H,21,23)(H,22,24). The summed E-state index contributed by atoms with van der Waals surface area (Å²) in [6.07, 6.45) is 0. The van der Waals surface area contributed by atoms with Crippen LogP contribution < -0.4 is 10.6 Å². The van der Waals surface area contributed by atoms with Crippen LogP contribution >= 0.6 is 0 Å². The molecule has 5 heteroatoms. The van der Waals surface area contributed by atoms with E-state index < -0.39 is 0 Å². The minimum absolute atomic E-state index is 0.666. The topological polar surface area (TPSA) is 54.8 Å². The van der Waals surface area contributed by atoms with E-state index in [4.69, 9.17) is 0 Å². The van der Waals surface area contributed by atoms with Gasteiger partial charge in [-0.1, -0.05) is 54.6 Å². The summed E-state index contributed by atoms with van der Waals surface area (Å²) in [6, 6.07) is 29.7. The van der Waals surface area contributed by atoms with Crippen molar-refractivity contribution in [3.05, 3.63) is 91.0 Å². The van der Waals surface area contributed by atoms with Crippen molar-refractivity contribution in [3.63, 3.8) is 0 Å². The monoisotopic (exact) mass is 327 g/mol. The molecule has 2 N–H and O–H groups in total. The van der Waals surface area contributed by atoms with Crippen LogP contribution in [0.1, 0.15) is 0 Å². The zero-order valence-electron chi connectivity index (χ0n) is 13.5. The second kappa shape index (κ2) is 6.88. The van der Waals surface area contributed by atoms with Crippen molar-refractivity contribution in [3.8, 4) is 5.69 Å². The zero-order chi connectivity index (χ0) is 16.9. The smallest absolute Gasteiger partial charge is 0.198 e. The summed E-state index contributed by atoms with van der Waals surface area (Å²) in [5.41, 5.74) is 2.82. The lowest BCUT2D eigenvalue weighted by atomic mass is 10.3. The van der Waals surface area contributed by atoms with Gasteiger partial charge in [-0.15, -0.1) is 15.0 Å². The number of nitrogens with zero attached hydrogens (tertiary/aromatic N) is 3. The Labute approximate surface area is 145 Å². The predicted molar refractivity (Wildman–Crippen MR) is 101 cm³/mol. The number of aromatic nitrogens is 3. The molecule has 0 saturated heterocycles. The van der Waals surface area contributed by atoms with Gasteiger partial charge < -0.3 is 10.6 Å². The largest absolute Gasteiger partial charge is 0.336 e. The van der Waals surface area contributed by atoms with Gasteiger partial charge in [0.15, 0.2) is 11.6 Å². The van der Waals surface area contributed by atoms with Gasteiger partial charge in [0.25, 0.3) is 0 Å². The second-order valence-electron chi connectivity index (χ2n) is 5.50. The molecule has 0 aliphatic carbocycles. The van der Waals surface area contributed by atoms with Crippen LogP contribution in [0.4, 0.5) is 23.0 Å². The molecule has 0 aliphatic heterocycles. The first-order valence-electron chi connectivity index (χ1n) is 8.05. The second-order valence-corrected chi connectivity index (χ2v) is 5.50. The summed E-state index contributed by atoms with van der Waals surface area (Å²) in [5, 5.41) is 15.9. The molecule has 0 saturated carbocycles. The minimum Gasteiger partial charge on any atom is -0.336 e. The zero-order valence-corrected chi connectivity index (χ0v) is 13.5. The fraction of sp³-hybridized carbons (Fsp3) is 0. The summed E-state index contributed by atoms with van der Waals surface area (Å²) in [5.74, 6) is 1.33. The van der Waals surface area contributed by atoms with Crippen LogP contribution in [0.15, 0.2) is 91.0 Å². The number of anilines is 4. The Balaban J connectivity index is 1.70. The fourth-order valence-corrected chi connectivity index (χ4v) is 2.47. The molecule has 5 nitrogen and oxygen atoms in total. The molecule has 0 atom stereocenters. The third-order valence-electron chi connectivity index (χ3n) is 3.67. The van der Waals surface area contributed by atoms with Crippen LogP contribution in [0, 0.1) is 0 Å². The van der Waals surface area contributed by atoms with Gasteiger partial charge in [-0.05, 0) is 36.4 Å². The maximum atomic E-state index is 4.60. The molecule has 0 aliphatic rings. The van der Waals surface area contributed by atoms with Crippen LogP contribution in [0.5, 0.6) is 0 Å². The van der Waals surface area contributed by atoms with Crippen molar-refractivity contribution in [2.24, 2.45) is 0 Å². The van der Waals surface area contributed by atoms with Gasteiger partial charge in [-0.3, -0.25) is 0 Å². The molecule has 1 aromatic heterocycles. The van der Waals surface area contributed by atoms with Gasteiger partial charge in [0.1, 0.15) is 0 Å². The predicted octanol–water partition coefficient (Wildman–Crippen LogP) is 4.75. The number of hydrogen-bond acceptors (Lipinski definition) is 4. The lowest BCUT2D eigenvalue weighted by molar-refractivity contribution is 0.756. The molecule has 0 radical (unpaired) electrons. The van der Waals surface area contributed by atoms with E-state index >= 15 is 0 Å². The Bertz CT molecular complexity index is 875.